The summed E-state index contributed by atoms with van der Waals surface area (Å²) in [5, 5.41) is 7.04. The summed E-state index contributed by atoms with van der Waals surface area (Å²) in [5.74, 6) is 0. The molecule has 4 nitrogen and oxygen atoms in total. The van der Waals surface area contributed by atoms with Crippen LogP contribution in [0.5, 0.6) is 0 Å². The minimum absolute atomic E-state index is 0.143. The van der Waals surface area contributed by atoms with Crippen LogP contribution in [0.1, 0.15) is 5.56 Å². The quantitative estimate of drug-likeness (QED) is 0.888. The Bertz CT molecular complexity index is 607. The van der Waals surface area contributed by atoms with Crippen molar-refractivity contribution in [3.63, 3.8) is 0 Å². The zero-order chi connectivity index (χ0) is 12.4. The molecule has 1 N–H and O–H groups in total. The lowest BCUT2D eigenvalue weighted by molar-refractivity contribution is 0.807. The van der Waals surface area contributed by atoms with Crippen molar-refractivity contribution >= 4 is 17.3 Å². The Balaban J connectivity index is 2.62. The second kappa shape index (κ2) is 4.59. The lowest BCUT2D eigenvalue weighted by atomic mass is 10.2. The number of hydrogen-bond acceptors (Lipinski definition) is 3. The first-order valence-corrected chi connectivity index (χ1v) is 5.54. The average Bonchev–Trinajstić information content (AvgIpc) is 2.32. The Hall–Kier alpha value is -1.81. The number of halogens is 1. The molecule has 0 aliphatic heterocycles. The van der Waals surface area contributed by atoms with Gasteiger partial charge in [-0.25, -0.2) is 0 Å². The fraction of sp³-hybridized carbons (Fsp3) is 0.167. The van der Waals surface area contributed by atoms with Gasteiger partial charge in [-0.15, -0.1) is 0 Å². The first-order chi connectivity index (χ1) is 8.13. The molecule has 0 fully saturated rings. The minimum atomic E-state index is -0.330. The number of aryl methyl sites for hydroxylation is 1. The maximum absolute atomic E-state index is 12.0. The van der Waals surface area contributed by atoms with E-state index < -0.39 is 0 Å². The molecule has 1 aromatic carbocycles. The van der Waals surface area contributed by atoms with Gasteiger partial charge in [-0.1, -0.05) is 23.7 Å². The van der Waals surface area contributed by atoms with Crippen molar-refractivity contribution in [2.24, 2.45) is 0 Å². The molecule has 0 amide bonds. The van der Waals surface area contributed by atoms with Gasteiger partial charge in [0.15, 0.2) is 0 Å². The third kappa shape index (κ3) is 2.17. The Labute approximate surface area is 104 Å². The van der Waals surface area contributed by atoms with Gasteiger partial charge in [-0.2, -0.15) is 9.78 Å². The number of nitrogens with one attached hydrogen (secondary N) is 1. The Morgan fingerprint density at radius 1 is 1.41 bits per heavy atom. The highest BCUT2D eigenvalue weighted by atomic mass is 35.5. The van der Waals surface area contributed by atoms with Gasteiger partial charge in [-0.05, 0) is 24.6 Å². The van der Waals surface area contributed by atoms with E-state index in [4.69, 9.17) is 11.6 Å². The van der Waals surface area contributed by atoms with Crippen LogP contribution in [0.25, 0.3) is 5.69 Å². The molecular formula is C12H12ClN3O. The van der Waals surface area contributed by atoms with Crippen LogP contribution in [0, 0.1) is 6.92 Å². The van der Waals surface area contributed by atoms with Crippen LogP contribution in [-0.2, 0) is 0 Å². The highest BCUT2D eigenvalue weighted by Gasteiger charge is 2.09. The van der Waals surface area contributed by atoms with E-state index in [1.165, 1.54) is 10.9 Å². The number of rotatable bonds is 2. The summed E-state index contributed by atoms with van der Waals surface area (Å²) in [6.07, 6.45) is 1.53. The van der Waals surface area contributed by atoms with Gasteiger partial charge < -0.3 is 5.32 Å². The number of aromatic nitrogens is 2. The van der Waals surface area contributed by atoms with E-state index in [-0.39, 0.29) is 10.6 Å². The molecule has 2 aromatic rings. The van der Waals surface area contributed by atoms with Crippen LogP contribution >= 0.6 is 11.6 Å². The molecule has 0 unspecified atom stereocenters. The van der Waals surface area contributed by atoms with Crippen LogP contribution in [0.2, 0.25) is 5.02 Å². The molecule has 0 aliphatic rings. The van der Waals surface area contributed by atoms with Crippen LogP contribution in [0.4, 0.5) is 5.69 Å². The summed E-state index contributed by atoms with van der Waals surface area (Å²) in [6.45, 7) is 1.96. The summed E-state index contributed by atoms with van der Waals surface area (Å²) in [5.41, 5.74) is 1.97. The van der Waals surface area contributed by atoms with E-state index in [1.807, 2.05) is 31.2 Å². The van der Waals surface area contributed by atoms with Crippen molar-refractivity contribution < 1.29 is 0 Å². The minimum Gasteiger partial charge on any atom is -0.385 e. The molecule has 17 heavy (non-hydrogen) atoms. The highest BCUT2D eigenvalue weighted by Crippen LogP contribution is 2.15. The van der Waals surface area contributed by atoms with Gasteiger partial charge in [0.1, 0.15) is 5.02 Å². The van der Waals surface area contributed by atoms with Crippen molar-refractivity contribution in [1.29, 1.82) is 0 Å². The van der Waals surface area contributed by atoms with Crippen molar-refractivity contribution in [3.8, 4) is 5.69 Å². The topological polar surface area (TPSA) is 46.9 Å². The molecule has 0 atom stereocenters. The maximum atomic E-state index is 12.0. The van der Waals surface area contributed by atoms with Crippen LogP contribution < -0.4 is 10.9 Å². The molecule has 0 radical (unpaired) electrons. The molecule has 5 heteroatoms. The zero-order valence-electron chi connectivity index (χ0n) is 9.57. The smallest absolute Gasteiger partial charge is 0.292 e. The highest BCUT2D eigenvalue weighted by molar-refractivity contribution is 6.32. The predicted octanol–water partition coefficient (Wildman–Crippen LogP) is 2.24. The molecule has 1 heterocycles. The molecular weight excluding hydrogens is 238 g/mol. The van der Waals surface area contributed by atoms with Crippen LogP contribution in [0.15, 0.2) is 35.3 Å². The van der Waals surface area contributed by atoms with E-state index >= 15 is 0 Å². The molecule has 0 aliphatic carbocycles. The van der Waals surface area contributed by atoms with E-state index in [2.05, 4.69) is 10.4 Å². The summed E-state index contributed by atoms with van der Waals surface area (Å²) in [7, 11) is 1.69. The Morgan fingerprint density at radius 3 is 2.82 bits per heavy atom. The third-order valence-corrected chi connectivity index (χ3v) is 2.80. The SMILES string of the molecule is CNc1cnn(-c2cccc(C)c2)c(=O)c1Cl. The third-order valence-electron chi connectivity index (χ3n) is 2.43. The van der Waals surface area contributed by atoms with Crippen LogP contribution in [-0.4, -0.2) is 16.8 Å². The second-order valence-electron chi connectivity index (χ2n) is 3.68. The van der Waals surface area contributed by atoms with Gasteiger partial charge in [0.05, 0.1) is 17.6 Å². The van der Waals surface area contributed by atoms with Gasteiger partial charge in [0.25, 0.3) is 5.56 Å². The average molecular weight is 250 g/mol. The Morgan fingerprint density at radius 2 is 2.18 bits per heavy atom. The number of nitrogens with zero attached hydrogens (tertiary/aromatic N) is 2. The van der Waals surface area contributed by atoms with Gasteiger partial charge in [-0.3, -0.25) is 4.79 Å². The predicted molar refractivity (Wildman–Crippen MR) is 69.1 cm³/mol. The second-order valence-corrected chi connectivity index (χ2v) is 4.06. The molecule has 0 saturated heterocycles. The maximum Gasteiger partial charge on any atom is 0.292 e. The van der Waals surface area contributed by atoms with E-state index in [9.17, 15) is 4.79 Å². The number of anilines is 1. The molecule has 0 bridgehead atoms. The van der Waals surface area contributed by atoms with Gasteiger partial charge in [0, 0.05) is 7.05 Å². The summed E-state index contributed by atoms with van der Waals surface area (Å²) in [6, 6.07) is 7.53. The fourth-order valence-electron chi connectivity index (χ4n) is 1.55. The molecule has 88 valence electrons. The Kier molecular flexibility index (Phi) is 3.15. The number of hydrogen-bond donors (Lipinski definition) is 1. The summed E-state index contributed by atoms with van der Waals surface area (Å²) < 4.78 is 1.29. The van der Waals surface area contributed by atoms with Crippen molar-refractivity contribution in [2.45, 2.75) is 6.92 Å². The lowest BCUT2D eigenvalue weighted by Gasteiger charge is -2.08. The van der Waals surface area contributed by atoms with Gasteiger partial charge in [0.2, 0.25) is 0 Å². The standard InChI is InChI=1S/C12H12ClN3O/c1-8-4-3-5-9(6-8)16-12(17)11(13)10(14-2)7-15-16/h3-7,14H,1-2H3. The van der Waals surface area contributed by atoms with Crippen molar-refractivity contribution in [3.05, 3.63) is 51.4 Å². The fourth-order valence-corrected chi connectivity index (χ4v) is 1.77. The molecule has 0 spiro atoms. The summed E-state index contributed by atoms with van der Waals surface area (Å²) >= 11 is 5.95. The van der Waals surface area contributed by atoms with E-state index in [1.54, 1.807) is 7.05 Å². The van der Waals surface area contributed by atoms with Crippen molar-refractivity contribution in [1.82, 2.24) is 9.78 Å². The lowest BCUT2D eigenvalue weighted by Crippen LogP contribution is -2.22. The van der Waals surface area contributed by atoms with Crippen molar-refractivity contribution in [2.75, 3.05) is 12.4 Å². The largest absolute Gasteiger partial charge is 0.385 e. The normalized spacial score (nSPS) is 10.3. The number of benzene rings is 1. The molecule has 2 rings (SSSR count). The van der Waals surface area contributed by atoms with Crippen LogP contribution in [0.3, 0.4) is 0 Å². The van der Waals surface area contributed by atoms with E-state index in [0.717, 1.165) is 5.56 Å². The van der Waals surface area contributed by atoms with E-state index in [0.29, 0.717) is 11.4 Å². The first-order valence-electron chi connectivity index (χ1n) is 5.16. The monoisotopic (exact) mass is 249 g/mol. The summed E-state index contributed by atoms with van der Waals surface area (Å²) in [4.78, 5) is 12.0. The molecule has 1 aromatic heterocycles. The van der Waals surface area contributed by atoms with Gasteiger partial charge >= 0.3 is 0 Å². The molecule has 0 saturated carbocycles. The zero-order valence-corrected chi connectivity index (χ0v) is 10.3. The first kappa shape index (κ1) is 11.7.